The summed E-state index contributed by atoms with van der Waals surface area (Å²) in [5.74, 6) is -24.6. The number of cyclic esters (lactones) is 4. The van der Waals surface area contributed by atoms with E-state index in [9.17, 15) is 71.9 Å². The standard InChI is InChI=1S/C31H8F12O8/c32-17-13-15(27(46)50-25(13)44)19(34)23(21(17)36)48-11-5-1-9(2-6-11)29(30(38,39)40,31(41,42)43)10-3-7-12(8-4-10)49-24-20(35)16-14(18(33)22(24)37)26(45)51-28(16)47/h1-8H. The fourth-order valence-corrected chi connectivity index (χ4v) is 5.36. The number of hydrogen-bond acceptors (Lipinski definition) is 8. The topological polar surface area (TPSA) is 105 Å². The molecule has 0 unspecified atom stereocenters. The molecule has 0 aliphatic carbocycles. The molecule has 0 N–H and O–H groups in total. The highest BCUT2D eigenvalue weighted by Crippen LogP contribution is 2.56. The van der Waals surface area contributed by atoms with E-state index in [0.29, 0.717) is 24.3 Å². The van der Waals surface area contributed by atoms with Crippen LogP contribution in [0.2, 0.25) is 0 Å². The van der Waals surface area contributed by atoms with Crippen molar-refractivity contribution >= 4 is 23.9 Å². The molecule has 0 bridgehead atoms. The van der Waals surface area contributed by atoms with Crippen LogP contribution in [-0.4, -0.2) is 36.2 Å². The molecule has 0 atom stereocenters. The van der Waals surface area contributed by atoms with Crippen LogP contribution in [0.3, 0.4) is 0 Å². The number of ether oxygens (including phenoxy) is 4. The summed E-state index contributed by atoms with van der Waals surface area (Å²) >= 11 is 0. The Kier molecular flexibility index (Phi) is 7.83. The average molecular weight is 736 g/mol. The molecule has 2 aliphatic heterocycles. The van der Waals surface area contributed by atoms with Crippen molar-refractivity contribution < 1.29 is 90.8 Å². The molecule has 8 nitrogen and oxygen atoms in total. The van der Waals surface area contributed by atoms with Gasteiger partial charge in [-0.1, -0.05) is 24.3 Å². The number of halogens is 12. The minimum Gasteiger partial charge on any atom is -0.451 e. The SMILES string of the molecule is O=C1OC(=O)c2c(F)c(Oc3ccc(C(c4ccc(Oc5c(F)c(F)c6c(c5F)C(=O)OC6=O)cc4)(C(F)(F)F)C(F)(F)F)cc3)c(F)c(F)c21. The predicted octanol–water partition coefficient (Wildman–Crippen LogP) is 8.14. The second-order valence-corrected chi connectivity index (χ2v) is 10.4. The first-order chi connectivity index (χ1) is 23.7. The molecule has 2 aliphatic rings. The Morgan fingerprint density at radius 2 is 0.686 bits per heavy atom. The van der Waals surface area contributed by atoms with Gasteiger partial charge in [0.15, 0.2) is 23.3 Å². The van der Waals surface area contributed by atoms with Crippen LogP contribution in [0.5, 0.6) is 23.0 Å². The van der Waals surface area contributed by atoms with Crippen molar-refractivity contribution in [2.75, 3.05) is 0 Å². The summed E-state index contributed by atoms with van der Waals surface area (Å²) in [4.78, 5) is 46.6. The zero-order chi connectivity index (χ0) is 37.5. The van der Waals surface area contributed by atoms with Gasteiger partial charge in [0.05, 0.1) is 0 Å². The van der Waals surface area contributed by atoms with Gasteiger partial charge in [0.25, 0.3) is 0 Å². The van der Waals surface area contributed by atoms with Crippen LogP contribution in [0.4, 0.5) is 52.7 Å². The summed E-state index contributed by atoms with van der Waals surface area (Å²) in [6.45, 7) is 0. The third kappa shape index (κ3) is 5.03. The zero-order valence-corrected chi connectivity index (χ0v) is 23.9. The van der Waals surface area contributed by atoms with E-state index in [-0.39, 0.29) is 24.3 Å². The number of hydrogen-bond donors (Lipinski definition) is 0. The summed E-state index contributed by atoms with van der Waals surface area (Å²) in [5, 5.41) is 0. The molecule has 2 heterocycles. The lowest BCUT2D eigenvalue weighted by molar-refractivity contribution is -0.288. The maximum absolute atomic E-state index is 14.9. The summed E-state index contributed by atoms with van der Waals surface area (Å²) in [5.41, 5.74) is -13.7. The van der Waals surface area contributed by atoms with Crippen LogP contribution >= 0.6 is 0 Å². The molecule has 0 fully saturated rings. The Labute approximate surface area is 272 Å². The van der Waals surface area contributed by atoms with E-state index in [0.717, 1.165) is 0 Å². The van der Waals surface area contributed by atoms with Crippen molar-refractivity contribution in [3.8, 4) is 23.0 Å². The van der Waals surface area contributed by atoms with E-state index < -0.39 is 133 Å². The molecule has 264 valence electrons. The van der Waals surface area contributed by atoms with E-state index in [1.165, 1.54) is 0 Å². The normalized spacial score (nSPS) is 14.4. The minimum absolute atomic E-state index is 0.177. The second-order valence-electron chi connectivity index (χ2n) is 10.4. The zero-order valence-electron chi connectivity index (χ0n) is 23.9. The number of carbonyl (C=O) groups is 4. The highest BCUT2D eigenvalue weighted by atomic mass is 19.4. The highest BCUT2D eigenvalue weighted by molar-refractivity contribution is 6.16. The number of benzene rings is 4. The van der Waals surface area contributed by atoms with Crippen molar-refractivity contribution in [1.82, 2.24) is 0 Å². The van der Waals surface area contributed by atoms with Gasteiger partial charge in [0.1, 0.15) is 33.8 Å². The first kappa shape index (κ1) is 34.8. The molecule has 0 radical (unpaired) electrons. The highest BCUT2D eigenvalue weighted by Gasteiger charge is 2.72. The van der Waals surface area contributed by atoms with Gasteiger partial charge in [0.2, 0.25) is 28.5 Å². The fourth-order valence-electron chi connectivity index (χ4n) is 5.36. The van der Waals surface area contributed by atoms with E-state index in [1.54, 1.807) is 0 Å². The van der Waals surface area contributed by atoms with Crippen LogP contribution in [0.15, 0.2) is 48.5 Å². The van der Waals surface area contributed by atoms with Gasteiger partial charge in [-0.05, 0) is 35.4 Å². The molecule has 0 spiro atoms. The molecule has 0 aromatic heterocycles. The molecule has 51 heavy (non-hydrogen) atoms. The van der Waals surface area contributed by atoms with Crippen molar-refractivity contribution in [3.05, 3.63) is 117 Å². The Morgan fingerprint density at radius 3 is 0.961 bits per heavy atom. The third-order valence-corrected chi connectivity index (χ3v) is 7.61. The minimum atomic E-state index is -6.22. The summed E-state index contributed by atoms with van der Waals surface area (Å²) in [6, 6.07) is 2.19. The first-order valence-corrected chi connectivity index (χ1v) is 13.4. The van der Waals surface area contributed by atoms with Gasteiger partial charge in [-0.25, -0.2) is 36.7 Å². The van der Waals surface area contributed by atoms with Crippen LogP contribution < -0.4 is 9.47 Å². The van der Waals surface area contributed by atoms with Crippen molar-refractivity contribution in [2.24, 2.45) is 0 Å². The molecule has 20 heteroatoms. The van der Waals surface area contributed by atoms with Crippen molar-refractivity contribution in [1.29, 1.82) is 0 Å². The predicted molar refractivity (Wildman–Crippen MR) is 138 cm³/mol. The Balaban J connectivity index is 1.38. The maximum Gasteiger partial charge on any atom is 0.411 e. The summed E-state index contributed by atoms with van der Waals surface area (Å²) in [7, 11) is 0. The molecule has 0 amide bonds. The molecule has 6 rings (SSSR count). The summed E-state index contributed by atoms with van der Waals surface area (Å²) in [6.07, 6.45) is -12.4. The van der Waals surface area contributed by atoms with E-state index in [1.807, 2.05) is 0 Å². The lowest BCUT2D eigenvalue weighted by Gasteiger charge is -2.38. The van der Waals surface area contributed by atoms with Crippen LogP contribution in [-0.2, 0) is 14.9 Å². The lowest BCUT2D eigenvalue weighted by atomic mass is 9.73. The van der Waals surface area contributed by atoms with Crippen LogP contribution in [0, 0.1) is 34.9 Å². The summed E-state index contributed by atoms with van der Waals surface area (Å²) < 4.78 is 193. The van der Waals surface area contributed by atoms with Crippen LogP contribution in [0.25, 0.3) is 0 Å². The lowest BCUT2D eigenvalue weighted by Crippen LogP contribution is -2.54. The van der Waals surface area contributed by atoms with E-state index >= 15 is 0 Å². The third-order valence-electron chi connectivity index (χ3n) is 7.61. The fraction of sp³-hybridized carbons (Fsp3) is 0.0968. The van der Waals surface area contributed by atoms with E-state index in [2.05, 4.69) is 9.47 Å². The quantitative estimate of drug-likeness (QED) is 0.0846. The molecule has 4 aromatic carbocycles. The van der Waals surface area contributed by atoms with E-state index in [4.69, 9.17) is 9.47 Å². The maximum atomic E-state index is 14.9. The van der Waals surface area contributed by atoms with Gasteiger partial charge in [0, 0.05) is 0 Å². The smallest absolute Gasteiger partial charge is 0.411 e. The molecular formula is C31H8F12O8. The molecule has 0 saturated carbocycles. The van der Waals surface area contributed by atoms with Gasteiger partial charge < -0.3 is 18.9 Å². The number of rotatable bonds is 6. The van der Waals surface area contributed by atoms with Gasteiger partial charge in [-0.15, -0.1) is 0 Å². The Bertz CT molecular complexity index is 2050. The average Bonchev–Trinajstić information content (AvgIpc) is 3.52. The van der Waals surface area contributed by atoms with Gasteiger partial charge in [-0.3, -0.25) is 0 Å². The number of carbonyl (C=O) groups excluding carboxylic acids is 4. The second kappa shape index (κ2) is 11.5. The van der Waals surface area contributed by atoms with Crippen LogP contribution in [0.1, 0.15) is 52.6 Å². The van der Waals surface area contributed by atoms with Crippen molar-refractivity contribution in [3.63, 3.8) is 0 Å². The van der Waals surface area contributed by atoms with Crippen molar-refractivity contribution in [2.45, 2.75) is 17.8 Å². The van der Waals surface area contributed by atoms with Gasteiger partial charge in [-0.2, -0.15) is 35.1 Å². The molecule has 4 aromatic rings. The monoisotopic (exact) mass is 736 g/mol. The largest absolute Gasteiger partial charge is 0.451 e. The number of alkyl halides is 6. The number of fused-ring (bicyclic) bond motifs is 2. The Morgan fingerprint density at radius 1 is 0.412 bits per heavy atom. The molecule has 0 saturated heterocycles. The first-order valence-electron chi connectivity index (χ1n) is 13.4. The molecular weight excluding hydrogens is 728 g/mol. The number of esters is 4. The Hall–Kier alpha value is -6.08. The van der Waals surface area contributed by atoms with Gasteiger partial charge >= 0.3 is 36.2 Å².